The van der Waals surface area contributed by atoms with Gasteiger partial charge in [0.25, 0.3) is 0 Å². The van der Waals surface area contributed by atoms with Crippen LogP contribution in [0.4, 0.5) is 5.82 Å². The highest BCUT2D eigenvalue weighted by molar-refractivity contribution is 7.99. The lowest BCUT2D eigenvalue weighted by molar-refractivity contribution is -0.109. The maximum absolute atomic E-state index is 11.9. The molecule has 0 aromatic carbocycles. The molecule has 0 fully saturated rings. The minimum atomic E-state index is 0.336. The Morgan fingerprint density at radius 2 is 2.19 bits per heavy atom. The fourth-order valence-electron chi connectivity index (χ4n) is 4.34. The second-order valence-electron chi connectivity index (χ2n) is 8.75. The number of aromatic nitrogens is 1. The van der Waals surface area contributed by atoms with Crippen LogP contribution in [0, 0.1) is 11.3 Å². The molecule has 9 nitrogen and oxygen atoms in total. The molecule has 37 heavy (non-hydrogen) atoms. The van der Waals surface area contributed by atoms with Crippen LogP contribution >= 0.6 is 11.8 Å². The molecule has 2 amide bonds. The van der Waals surface area contributed by atoms with Crippen molar-refractivity contribution in [3.8, 4) is 6.07 Å². The molecule has 1 aromatic rings. The Hall–Kier alpha value is -3.55. The van der Waals surface area contributed by atoms with E-state index < -0.39 is 0 Å². The van der Waals surface area contributed by atoms with Crippen molar-refractivity contribution >= 4 is 42.9 Å². The maximum Gasteiger partial charge on any atom is 0.232 e. The van der Waals surface area contributed by atoms with Crippen molar-refractivity contribution in [1.29, 1.82) is 5.26 Å². The van der Waals surface area contributed by atoms with E-state index in [0.29, 0.717) is 37.1 Å². The van der Waals surface area contributed by atoms with Gasteiger partial charge in [-0.25, -0.2) is 9.98 Å². The first kappa shape index (κ1) is 28.0. The number of aliphatic imine (C=N–C) groups is 1. The largest absolute Gasteiger partial charge is 0.357 e. The monoisotopic (exact) mass is 520 g/mol. The number of aldehydes is 1. The molecule has 194 valence electrons. The van der Waals surface area contributed by atoms with Crippen molar-refractivity contribution in [2.45, 2.75) is 25.7 Å². The van der Waals surface area contributed by atoms with Crippen molar-refractivity contribution in [3.05, 3.63) is 58.0 Å². The molecule has 2 aliphatic heterocycles. The standard InChI is InChI=1S/C27H32N6O3S/c1-32(12-8-29-19-35)10-4-22-15-23-3-2-9-33(27(23)31-26(22)18-34)11-5-25(21-6-13-37-14-7-21)24(16-28)17-30-20-36/h5-6,11,15,17-20H,2-4,7-10,12-14H2,1H3,(H,29,35)/b11-5+,25-24+,30-17?. The summed E-state index contributed by atoms with van der Waals surface area (Å²) in [5, 5.41) is 12.4. The van der Waals surface area contributed by atoms with Gasteiger partial charge >= 0.3 is 0 Å². The number of carbonyl (C=O) groups is 3. The summed E-state index contributed by atoms with van der Waals surface area (Å²) < 4.78 is 0. The van der Waals surface area contributed by atoms with E-state index in [4.69, 9.17) is 4.98 Å². The number of thioether (sulfide) groups is 1. The van der Waals surface area contributed by atoms with Gasteiger partial charge in [0.05, 0.1) is 5.57 Å². The fraction of sp³-hybridized carbons (Fsp3) is 0.407. The number of nitrogens with one attached hydrogen (secondary N) is 1. The normalized spacial score (nSPS) is 16.2. The fourth-order valence-corrected chi connectivity index (χ4v) is 5.19. The smallest absolute Gasteiger partial charge is 0.232 e. The highest BCUT2D eigenvalue weighted by atomic mass is 32.2. The van der Waals surface area contributed by atoms with Gasteiger partial charge in [0.1, 0.15) is 17.6 Å². The highest BCUT2D eigenvalue weighted by Gasteiger charge is 2.20. The minimum absolute atomic E-state index is 0.336. The van der Waals surface area contributed by atoms with Crippen LogP contribution in [0.25, 0.3) is 0 Å². The molecular formula is C27H32N6O3S. The van der Waals surface area contributed by atoms with Crippen LogP contribution in [0.15, 0.2) is 46.1 Å². The van der Waals surface area contributed by atoms with Crippen LogP contribution in [-0.2, 0) is 22.4 Å². The first-order valence-corrected chi connectivity index (χ1v) is 13.4. The Balaban J connectivity index is 1.86. The van der Waals surface area contributed by atoms with E-state index >= 15 is 0 Å². The lowest BCUT2D eigenvalue weighted by Crippen LogP contribution is -2.30. The number of allylic oxidation sites excluding steroid dienone is 4. The third-order valence-corrected chi connectivity index (χ3v) is 7.20. The first-order valence-electron chi connectivity index (χ1n) is 12.3. The summed E-state index contributed by atoms with van der Waals surface area (Å²) in [4.78, 5) is 45.6. The zero-order valence-corrected chi connectivity index (χ0v) is 21.9. The summed E-state index contributed by atoms with van der Waals surface area (Å²) in [6.07, 6.45) is 12.5. The summed E-state index contributed by atoms with van der Waals surface area (Å²) in [7, 11) is 1.98. The number of hydrogen-bond acceptors (Lipinski definition) is 8. The molecule has 0 aliphatic carbocycles. The number of anilines is 1. The molecule has 1 aromatic heterocycles. The number of nitrogens with zero attached hydrogens (tertiary/aromatic N) is 5. The van der Waals surface area contributed by atoms with E-state index in [-0.39, 0.29) is 0 Å². The maximum atomic E-state index is 11.9. The molecule has 0 saturated carbocycles. The number of carbonyl (C=O) groups excluding carboxylic acids is 3. The molecule has 2 aliphatic rings. The van der Waals surface area contributed by atoms with E-state index in [1.165, 1.54) is 6.21 Å². The molecule has 1 N–H and O–H groups in total. The molecule has 0 atom stereocenters. The number of hydrogen-bond donors (Lipinski definition) is 1. The molecule has 3 rings (SSSR count). The number of fused-ring (bicyclic) bond motifs is 1. The third-order valence-electron chi connectivity index (χ3n) is 6.31. The van der Waals surface area contributed by atoms with E-state index in [9.17, 15) is 19.6 Å². The predicted molar refractivity (Wildman–Crippen MR) is 147 cm³/mol. The van der Waals surface area contributed by atoms with Crippen molar-refractivity contribution in [2.75, 3.05) is 49.6 Å². The molecule has 0 saturated heterocycles. The number of likely N-dealkylation sites (N-methyl/N-ethyl adjacent to an activating group) is 1. The van der Waals surface area contributed by atoms with Gasteiger partial charge in [0.15, 0.2) is 6.29 Å². The molecule has 10 heteroatoms. The van der Waals surface area contributed by atoms with E-state index in [0.717, 1.165) is 84.8 Å². The zero-order valence-electron chi connectivity index (χ0n) is 21.1. The average Bonchev–Trinajstić information content (AvgIpc) is 2.93. The molecule has 0 spiro atoms. The Bertz CT molecular complexity index is 1150. The number of amides is 2. The van der Waals surface area contributed by atoms with Gasteiger partial charge in [-0.05, 0) is 72.9 Å². The first-order chi connectivity index (χ1) is 18.1. The average molecular weight is 521 g/mol. The number of aryl methyl sites for hydroxylation is 1. The molecule has 3 heterocycles. The van der Waals surface area contributed by atoms with E-state index in [2.05, 4.69) is 33.4 Å². The quantitative estimate of drug-likeness (QED) is 0.139. The molecular weight excluding hydrogens is 488 g/mol. The van der Waals surface area contributed by atoms with Gasteiger partial charge in [0.2, 0.25) is 12.8 Å². The molecule has 0 unspecified atom stereocenters. The second-order valence-corrected chi connectivity index (χ2v) is 9.90. The van der Waals surface area contributed by atoms with Crippen molar-refractivity contribution in [3.63, 3.8) is 0 Å². The predicted octanol–water partition coefficient (Wildman–Crippen LogP) is 2.49. The SMILES string of the molecule is CN(CCNC=O)CCc1cc2c(nc1C=O)N(/C=C/C(C1=CCSCC1)=C(/C#N)C=NC=O)CCC2. The van der Waals surface area contributed by atoms with Gasteiger partial charge < -0.3 is 15.1 Å². The van der Waals surface area contributed by atoms with Crippen LogP contribution < -0.4 is 10.2 Å². The molecule has 0 radical (unpaired) electrons. The summed E-state index contributed by atoms with van der Waals surface area (Å²) in [5.74, 6) is 2.60. The summed E-state index contributed by atoms with van der Waals surface area (Å²) >= 11 is 1.84. The Morgan fingerprint density at radius 1 is 1.32 bits per heavy atom. The van der Waals surface area contributed by atoms with Gasteiger partial charge in [0, 0.05) is 44.3 Å². The zero-order chi connectivity index (χ0) is 26.5. The highest BCUT2D eigenvalue weighted by Crippen LogP contribution is 2.30. The van der Waals surface area contributed by atoms with Crippen molar-refractivity contribution < 1.29 is 14.4 Å². The third kappa shape index (κ3) is 7.97. The second kappa shape index (κ2) is 14.9. The number of rotatable bonds is 13. The molecule has 0 bridgehead atoms. The lowest BCUT2D eigenvalue weighted by Gasteiger charge is -2.28. The van der Waals surface area contributed by atoms with Crippen molar-refractivity contribution in [1.82, 2.24) is 15.2 Å². The van der Waals surface area contributed by atoms with Gasteiger partial charge in [-0.15, -0.1) is 0 Å². The lowest BCUT2D eigenvalue weighted by atomic mass is 9.97. The Morgan fingerprint density at radius 3 is 2.89 bits per heavy atom. The van der Waals surface area contributed by atoms with Crippen LogP contribution in [0.1, 0.15) is 34.5 Å². The number of nitriles is 1. The van der Waals surface area contributed by atoms with Gasteiger partial charge in [-0.3, -0.25) is 14.4 Å². The van der Waals surface area contributed by atoms with E-state index in [1.54, 1.807) is 0 Å². The van der Waals surface area contributed by atoms with Crippen LogP contribution in [0.2, 0.25) is 0 Å². The van der Waals surface area contributed by atoms with Crippen LogP contribution in [0.5, 0.6) is 0 Å². The summed E-state index contributed by atoms with van der Waals surface area (Å²) in [6.45, 7) is 2.78. The van der Waals surface area contributed by atoms with Crippen LogP contribution in [-0.4, -0.2) is 79.9 Å². The van der Waals surface area contributed by atoms with Crippen molar-refractivity contribution in [2.24, 2.45) is 4.99 Å². The minimum Gasteiger partial charge on any atom is -0.357 e. The Kier molecular flexibility index (Phi) is 11.3. The van der Waals surface area contributed by atoms with E-state index in [1.807, 2.05) is 36.0 Å². The van der Waals surface area contributed by atoms with Crippen LogP contribution in [0.3, 0.4) is 0 Å². The topological polar surface area (TPSA) is 119 Å². The Labute approximate surface area is 222 Å². The summed E-state index contributed by atoms with van der Waals surface area (Å²) in [6, 6.07) is 4.25. The van der Waals surface area contributed by atoms with Gasteiger partial charge in [-0.2, -0.15) is 17.0 Å². The summed E-state index contributed by atoms with van der Waals surface area (Å²) in [5.41, 5.74) is 4.58. The van der Waals surface area contributed by atoms with Gasteiger partial charge in [-0.1, -0.05) is 6.08 Å². The number of pyridine rings is 1.